The van der Waals surface area contributed by atoms with Crippen LogP contribution in [0.5, 0.6) is 0 Å². The Hall–Kier alpha value is -6.96. The lowest BCUT2D eigenvalue weighted by molar-refractivity contribution is -0.137. The first-order chi connectivity index (χ1) is 28.5. The SMILES string of the molecule is C.N#Cc1ccc(N=C=S)cc1C(F)(F)F.[2H]c1cc(N2C(=S)N(c3ccc([N+]#[C-])c(C)c3)C(=O)C2(C)C)ccc1C(=O)NC.[2H]c1cc(NC(C)(C)[N+]#[C-])ccc1C(=O)NC. The van der Waals surface area contributed by atoms with Gasteiger partial charge < -0.3 is 20.9 Å². The van der Waals surface area contributed by atoms with Gasteiger partial charge in [-0.2, -0.15) is 23.4 Å². The molecular formula is C43H42F3N9O3S2. The van der Waals surface area contributed by atoms with E-state index in [4.69, 9.17) is 33.4 Å². The Labute approximate surface area is 361 Å². The second-order valence-electron chi connectivity index (χ2n) is 13.3. The Morgan fingerprint density at radius 3 is 2.00 bits per heavy atom. The maximum Gasteiger partial charge on any atom is 0.417 e. The van der Waals surface area contributed by atoms with Gasteiger partial charge in [0.25, 0.3) is 23.4 Å². The van der Waals surface area contributed by atoms with E-state index in [-0.39, 0.29) is 53.6 Å². The van der Waals surface area contributed by atoms with Gasteiger partial charge >= 0.3 is 6.18 Å². The van der Waals surface area contributed by atoms with Crippen LogP contribution < -0.4 is 25.8 Å². The smallest absolute Gasteiger partial charge is 0.355 e. The number of rotatable bonds is 7. The number of hydrogen-bond acceptors (Lipinski definition) is 8. The summed E-state index contributed by atoms with van der Waals surface area (Å²) in [5.74, 6) is -0.844. The van der Waals surface area contributed by atoms with Crippen molar-refractivity contribution in [1.29, 1.82) is 5.26 Å². The van der Waals surface area contributed by atoms with Crippen molar-refractivity contribution in [2.45, 2.75) is 59.4 Å². The van der Waals surface area contributed by atoms with Crippen LogP contribution in [0.3, 0.4) is 0 Å². The van der Waals surface area contributed by atoms with Crippen molar-refractivity contribution >= 4 is 80.9 Å². The van der Waals surface area contributed by atoms with Crippen LogP contribution in [0, 0.1) is 31.4 Å². The number of hydrogen-bond donors (Lipinski definition) is 3. The number of nitriles is 1. The Kier molecular flexibility index (Phi) is 15.7. The van der Waals surface area contributed by atoms with Crippen LogP contribution in [-0.2, 0) is 11.0 Å². The molecule has 4 aromatic carbocycles. The quantitative estimate of drug-likeness (QED) is 0.0949. The molecule has 0 spiro atoms. The molecule has 0 aliphatic carbocycles. The monoisotopic (exact) mass is 855 g/mol. The molecule has 1 heterocycles. The molecule has 4 aromatic rings. The number of halogens is 3. The van der Waals surface area contributed by atoms with Gasteiger partial charge in [0, 0.05) is 56.1 Å². The Morgan fingerprint density at radius 2 is 1.52 bits per heavy atom. The molecule has 5 rings (SSSR count). The zero-order valence-electron chi connectivity index (χ0n) is 34.8. The molecule has 0 bridgehead atoms. The predicted octanol–water partition coefficient (Wildman–Crippen LogP) is 9.88. The van der Waals surface area contributed by atoms with Gasteiger partial charge in [-0.05, 0) is 130 Å². The molecule has 1 fully saturated rings. The second-order valence-corrected chi connectivity index (χ2v) is 13.9. The molecule has 0 saturated carbocycles. The summed E-state index contributed by atoms with van der Waals surface area (Å²) in [5, 5.41) is 18.7. The lowest BCUT2D eigenvalue weighted by atomic mass is 10.0. The zero-order chi connectivity index (χ0) is 46.0. The number of anilines is 3. The van der Waals surface area contributed by atoms with Crippen molar-refractivity contribution in [1.82, 2.24) is 10.6 Å². The molecule has 310 valence electrons. The highest BCUT2D eigenvalue weighted by molar-refractivity contribution is 7.81. The Morgan fingerprint density at radius 1 is 0.933 bits per heavy atom. The van der Waals surface area contributed by atoms with Crippen LogP contribution in [0.2, 0.25) is 0 Å². The summed E-state index contributed by atoms with van der Waals surface area (Å²) in [5.41, 5.74) is 0.509. The van der Waals surface area contributed by atoms with Gasteiger partial charge in [0.05, 0.1) is 37.4 Å². The van der Waals surface area contributed by atoms with Gasteiger partial charge in [-0.3, -0.25) is 24.1 Å². The maximum absolute atomic E-state index is 13.2. The van der Waals surface area contributed by atoms with E-state index in [0.717, 1.165) is 17.7 Å². The van der Waals surface area contributed by atoms with Crippen LogP contribution in [0.4, 0.5) is 41.6 Å². The first-order valence-electron chi connectivity index (χ1n) is 18.2. The molecule has 0 radical (unpaired) electrons. The van der Waals surface area contributed by atoms with Crippen LogP contribution in [0.25, 0.3) is 9.69 Å². The summed E-state index contributed by atoms with van der Waals surface area (Å²) in [6, 6.07) is 19.4. The molecule has 0 unspecified atom stereocenters. The van der Waals surface area contributed by atoms with Gasteiger partial charge in [-0.15, -0.1) is 0 Å². The van der Waals surface area contributed by atoms with E-state index in [1.807, 2.05) is 12.1 Å². The standard InChI is InChI=1S/C21H20N4O2S.C12H15N3O.C9H3F3N2S.CH4/c1-13-12-16(10-11-17(13)22-4)24-19(27)21(2,3)25(20(24)28)15-8-6-14(7-9-15)18(26)23-5;1-12(2,14-4)15-10-7-5-9(6-8-10)11(16)13-3;10-9(11,12)8-3-7(14-5-15)2-1-6(8)4-13;/h6-12H,1-3,5H3,(H,23,26);5-8,15H,1-3H3,(H,13,16);1-3H;1H4/i6D;5D;;. The van der Waals surface area contributed by atoms with Crippen molar-refractivity contribution in [3.05, 3.63) is 136 Å². The van der Waals surface area contributed by atoms with Crippen molar-refractivity contribution in [2.24, 2.45) is 4.99 Å². The van der Waals surface area contributed by atoms with Crippen molar-refractivity contribution in [3.8, 4) is 6.07 Å². The normalized spacial score (nSPS) is 13.1. The lowest BCUT2D eigenvalue weighted by Gasteiger charge is -2.29. The van der Waals surface area contributed by atoms with Crippen molar-refractivity contribution < 1.29 is 30.3 Å². The second kappa shape index (κ2) is 20.6. The van der Waals surface area contributed by atoms with E-state index in [2.05, 4.69) is 42.9 Å². The van der Waals surface area contributed by atoms with E-state index in [1.165, 1.54) is 43.3 Å². The van der Waals surface area contributed by atoms with E-state index in [0.29, 0.717) is 28.3 Å². The third-order valence-electron chi connectivity index (χ3n) is 8.37. The summed E-state index contributed by atoms with van der Waals surface area (Å²) in [4.78, 5) is 49.9. The van der Waals surface area contributed by atoms with Gasteiger partial charge in [0.2, 0.25) is 0 Å². The van der Waals surface area contributed by atoms with Crippen molar-refractivity contribution in [3.63, 3.8) is 0 Å². The van der Waals surface area contributed by atoms with Crippen molar-refractivity contribution in [2.75, 3.05) is 29.2 Å². The molecule has 0 atom stereocenters. The predicted molar refractivity (Wildman–Crippen MR) is 236 cm³/mol. The molecule has 12 nitrogen and oxygen atoms in total. The Balaban J connectivity index is 0.000000344. The van der Waals surface area contributed by atoms with E-state index in [1.54, 1.807) is 75.1 Å². The maximum atomic E-state index is 13.2. The molecular weight excluding hydrogens is 812 g/mol. The molecule has 3 amide bonds. The third kappa shape index (κ3) is 11.8. The number of alkyl halides is 3. The fraction of sp³-hybridized carbons (Fsp3) is 0.256. The van der Waals surface area contributed by atoms with Crippen LogP contribution in [0.1, 0.15) is 75.3 Å². The van der Waals surface area contributed by atoms with Gasteiger partial charge in [0.1, 0.15) is 5.54 Å². The fourth-order valence-electron chi connectivity index (χ4n) is 5.34. The molecule has 3 N–H and O–H groups in total. The average Bonchev–Trinajstić information content (AvgIpc) is 3.38. The first kappa shape index (κ1) is 45.7. The molecule has 1 aliphatic rings. The zero-order valence-corrected chi connectivity index (χ0v) is 34.4. The average molecular weight is 856 g/mol. The third-order valence-corrected chi connectivity index (χ3v) is 8.83. The number of benzene rings is 4. The number of isothiocyanates is 1. The van der Waals surface area contributed by atoms with E-state index < -0.39 is 28.5 Å². The lowest BCUT2D eigenvalue weighted by Crippen LogP contribution is -2.44. The molecule has 60 heavy (non-hydrogen) atoms. The van der Waals surface area contributed by atoms with Gasteiger partial charge in [0.15, 0.2) is 10.8 Å². The summed E-state index contributed by atoms with van der Waals surface area (Å²) >= 11 is 9.91. The summed E-state index contributed by atoms with van der Waals surface area (Å²) in [6.45, 7) is 23.0. The minimum Gasteiger partial charge on any atom is -0.355 e. The van der Waals surface area contributed by atoms with E-state index in [9.17, 15) is 27.6 Å². The summed E-state index contributed by atoms with van der Waals surface area (Å²) in [7, 11) is 3.03. The number of carbonyl (C=O) groups excluding carboxylic acids is 3. The minimum absolute atomic E-state index is 0. The number of nitrogens with one attached hydrogen (secondary N) is 3. The highest BCUT2D eigenvalue weighted by Gasteiger charge is 2.50. The molecule has 1 aliphatic heterocycles. The summed E-state index contributed by atoms with van der Waals surface area (Å²) in [6.07, 6.45) is -4.57. The fourth-order valence-corrected chi connectivity index (χ4v) is 5.97. The number of carbonyl (C=O) groups is 3. The minimum atomic E-state index is -4.57. The highest BCUT2D eigenvalue weighted by atomic mass is 32.1. The highest BCUT2D eigenvalue weighted by Crippen LogP contribution is 2.38. The van der Waals surface area contributed by atoms with Crippen LogP contribution in [0.15, 0.2) is 89.9 Å². The first-order valence-corrected chi connectivity index (χ1v) is 18.0. The summed E-state index contributed by atoms with van der Waals surface area (Å²) < 4.78 is 53.2. The van der Waals surface area contributed by atoms with Crippen LogP contribution >= 0.6 is 24.4 Å². The van der Waals surface area contributed by atoms with Gasteiger partial charge in [-0.25, -0.2) is 11.4 Å². The number of thiocarbonyl (C=S) groups is 2. The molecule has 17 heteroatoms. The Bertz CT molecular complexity index is 2580. The largest absolute Gasteiger partial charge is 0.417 e. The van der Waals surface area contributed by atoms with Crippen LogP contribution in [-0.4, -0.2) is 53.3 Å². The number of amides is 3. The topological polar surface area (TPSA) is 139 Å². The number of nitrogens with zero attached hydrogens (tertiary/aromatic N) is 6. The number of aliphatic imine (C=N–C) groups is 1. The number of aryl methyl sites for hydroxylation is 1. The van der Waals surface area contributed by atoms with E-state index >= 15 is 0 Å². The van der Waals surface area contributed by atoms with Gasteiger partial charge in [-0.1, -0.05) is 13.5 Å². The molecule has 0 aromatic heterocycles. The molecule has 1 saturated heterocycles.